The number of rotatable bonds is 37. The van der Waals surface area contributed by atoms with Crippen LogP contribution in [0.4, 0.5) is 0 Å². The molecule has 0 aromatic rings. The van der Waals surface area contributed by atoms with Gasteiger partial charge in [-0.15, -0.1) is 0 Å². The number of esters is 3. The molecule has 6 heteroatoms. The van der Waals surface area contributed by atoms with Crippen molar-refractivity contribution >= 4 is 17.9 Å². The zero-order chi connectivity index (χ0) is 35.3. The van der Waals surface area contributed by atoms with Crippen LogP contribution in [0.3, 0.4) is 0 Å². The molecular formula is C42H80O6. The molecule has 284 valence electrons. The first-order valence-corrected chi connectivity index (χ1v) is 20.9. The van der Waals surface area contributed by atoms with Crippen molar-refractivity contribution in [2.45, 2.75) is 233 Å². The summed E-state index contributed by atoms with van der Waals surface area (Å²) in [5.41, 5.74) is 0. The van der Waals surface area contributed by atoms with Gasteiger partial charge in [-0.2, -0.15) is 0 Å². The maximum Gasteiger partial charge on any atom is 0.306 e. The van der Waals surface area contributed by atoms with Gasteiger partial charge in [-0.1, -0.05) is 188 Å². The Morgan fingerprint density at radius 1 is 0.396 bits per heavy atom. The van der Waals surface area contributed by atoms with Crippen molar-refractivity contribution in [1.29, 1.82) is 0 Å². The second kappa shape index (κ2) is 36.7. The number of carbonyl (C=O) groups excluding carboxylic acids is 3. The summed E-state index contributed by atoms with van der Waals surface area (Å²) in [5.74, 6) is -0.0368. The van der Waals surface area contributed by atoms with E-state index in [2.05, 4.69) is 27.7 Å². The van der Waals surface area contributed by atoms with E-state index < -0.39 is 6.10 Å². The molecule has 1 atom stereocenters. The van der Waals surface area contributed by atoms with Gasteiger partial charge >= 0.3 is 17.9 Å². The Balaban J connectivity index is 4.13. The van der Waals surface area contributed by atoms with E-state index in [0.29, 0.717) is 19.3 Å². The molecule has 0 fully saturated rings. The van der Waals surface area contributed by atoms with Crippen LogP contribution in [-0.2, 0) is 28.6 Å². The van der Waals surface area contributed by atoms with Crippen LogP contribution in [0.15, 0.2) is 0 Å². The van der Waals surface area contributed by atoms with Gasteiger partial charge in [0.25, 0.3) is 0 Å². The molecular weight excluding hydrogens is 600 g/mol. The van der Waals surface area contributed by atoms with Gasteiger partial charge in [-0.3, -0.25) is 14.4 Å². The number of carbonyl (C=O) groups is 3. The van der Waals surface area contributed by atoms with Crippen LogP contribution in [0.25, 0.3) is 0 Å². The average Bonchev–Trinajstić information content (AvgIpc) is 3.06. The second-order valence-corrected chi connectivity index (χ2v) is 14.7. The summed E-state index contributed by atoms with van der Waals surface area (Å²) in [7, 11) is 0. The van der Waals surface area contributed by atoms with Crippen molar-refractivity contribution in [2.24, 2.45) is 5.92 Å². The van der Waals surface area contributed by atoms with Crippen molar-refractivity contribution in [1.82, 2.24) is 0 Å². The van der Waals surface area contributed by atoms with Crippen molar-refractivity contribution < 1.29 is 28.6 Å². The van der Waals surface area contributed by atoms with Crippen LogP contribution < -0.4 is 0 Å². The van der Waals surface area contributed by atoms with E-state index in [1.807, 2.05) is 0 Å². The summed E-state index contributed by atoms with van der Waals surface area (Å²) in [6, 6.07) is 0. The van der Waals surface area contributed by atoms with E-state index in [-0.39, 0.29) is 31.1 Å². The molecule has 0 radical (unpaired) electrons. The molecule has 0 saturated carbocycles. The summed E-state index contributed by atoms with van der Waals surface area (Å²) in [4.78, 5) is 37.2. The maximum atomic E-state index is 12.5. The van der Waals surface area contributed by atoms with Crippen LogP contribution in [0, 0.1) is 5.92 Å². The van der Waals surface area contributed by atoms with Gasteiger partial charge in [-0.25, -0.2) is 0 Å². The van der Waals surface area contributed by atoms with E-state index in [1.54, 1.807) is 0 Å². The van der Waals surface area contributed by atoms with Gasteiger partial charge in [0.2, 0.25) is 0 Å². The molecule has 6 nitrogen and oxygen atoms in total. The van der Waals surface area contributed by atoms with E-state index in [4.69, 9.17) is 14.2 Å². The van der Waals surface area contributed by atoms with Gasteiger partial charge < -0.3 is 14.2 Å². The lowest BCUT2D eigenvalue weighted by molar-refractivity contribution is -0.167. The molecule has 0 aliphatic heterocycles. The molecule has 0 aromatic carbocycles. The highest BCUT2D eigenvalue weighted by Gasteiger charge is 2.19. The highest BCUT2D eigenvalue weighted by atomic mass is 16.6. The van der Waals surface area contributed by atoms with Gasteiger partial charge in [0.05, 0.1) is 0 Å². The third kappa shape index (κ3) is 35.7. The second-order valence-electron chi connectivity index (χ2n) is 14.7. The Morgan fingerprint density at radius 3 is 1.02 bits per heavy atom. The van der Waals surface area contributed by atoms with E-state index in [9.17, 15) is 14.4 Å². The largest absolute Gasteiger partial charge is 0.462 e. The molecule has 0 rings (SSSR count). The van der Waals surface area contributed by atoms with Gasteiger partial charge in [0, 0.05) is 19.3 Å². The molecule has 0 spiro atoms. The summed E-state index contributed by atoms with van der Waals surface area (Å²) in [6.45, 7) is 8.89. The Morgan fingerprint density at radius 2 is 0.688 bits per heavy atom. The normalized spacial score (nSPS) is 11.9. The van der Waals surface area contributed by atoms with Crippen molar-refractivity contribution in [3.63, 3.8) is 0 Å². The molecule has 0 amide bonds. The monoisotopic (exact) mass is 681 g/mol. The Kier molecular flexibility index (Phi) is 35.5. The minimum absolute atomic E-state index is 0.0658. The Bertz CT molecular complexity index is 721. The number of unbranched alkanes of at least 4 members (excludes halogenated alkanes) is 24. The zero-order valence-electron chi connectivity index (χ0n) is 32.4. The fraction of sp³-hybridized carbons (Fsp3) is 0.929. The van der Waals surface area contributed by atoms with Crippen molar-refractivity contribution in [2.75, 3.05) is 13.2 Å². The lowest BCUT2D eigenvalue weighted by Gasteiger charge is -2.18. The molecule has 0 aliphatic rings. The van der Waals surface area contributed by atoms with E-state index in [0.717, 1.165) is 70.1 Å². The SMILES string of the molecule is CCCCCCCCCCCC(=O)OC[C@@H](COC(=O)CCCCCCCCCCCCCCCC(C)C)OC(=O)CCCCCCC. The lowest BCUT2D eigenvalue weighted by Crippen LogP contribution is -2.30. The van der Waals surface area contributed by atoms with Crippen LogP contribution in [0.1, 0.15) is 227 Å². The quantitative estimate of drug-likeness (QED) is 0.0369. The molecule has 0 unspecified atom stereocenters. The topological polar surface area (TPSA) is 78.9 Å². The Hall–Kier alpha value is -1.59. The van der Waals surface area contributed by atoms with E-state index in [1.165, 1.54) is 116 Å². The smallest absolute Gasteiger partial charge is 0.306 e. The lowest BCUT2D eigenvalue weighted by atomic mass is 10.0. The van der Waals surface area contributed by atoms with Gasteiger partial charge in [0.1, 0.15) is 13.2 Å². The zero-order valence-corrected chi connectivity index (χ0v) is 32.4. The number of hydrogen-bond donors (Lipinski definition) is 0. The molecule has 0 saturated heterocycles. The standard InChI is InChI=1S/C42H80O6/c1-5-7-9-11-12-18-22-26-29-33-40(43)46-36-39(48-42(45)35-31-24-10-8-6-2)37-47-41(44)34-30-27-23-20-17-15-13-14-16-19-21-25-28-32-38(3)4/h38-39H,5-37H2,1-4H3/t39-/m0/s1. The highest BCUT2D eigenvalue weighted by molar-refractivity contribution is 5.71. The average molecular weight is 681 g/mol. The third-order valence-electron chi connectivity index (χ3n) is 9.29. The van der Waals surface area contributed by atoms with Crippen LogP contribution in [-0.4, -0.2) is 37.2 Å². The molecule has 0 N–H and O–H groups in total. The van der Waals surface area contributed by atoms with Gasteiger partial charge in [0.15, 0.2) is 6.10 Å². The Labute approximate surface area is 298 Å². The summed E-state index contributed by atoms with van der Waals surface area (Å²) in [5, 5.41) is 0. The third-order valence-corrected chi connectivity index (χ3v) is 9.29. The van der Waals surface area contributed by atoms with Crippen molar-refractivity contribution in [3.05, 3.63) is 0 Å². The summed E-state index contributed by atoms with van der Waals surface area (Å²) >= 11 is 0. The maximum absolute atomic E-state index is 12.5. The molecule has 0 bridgehead atoms. The molecule has 0 aliphatic carbocycles. The van der Waals surface area contributed by atoms with Crippen LogP contribution >= 0.6 is 0 Å². The fourth-order valence-corrected chi connectivity index (χ4v) is 6.10. The van der Waals surface area contributed by atoms with E-state index >= 15 is 0 Å². The molecule has 0 heterocycles. The first kappa shape index (κ1) is 46.4. The first-order valence-electron chi connectivity index (χ1n) is 20.9. The number of hydrogen-bond acceptors (Lipinski definition) is 6. The van der Waals surface area contributed by atoms with Gasteiger partial charge in [-0.05, 0) is 25.2 Å². The molecule has 0 aromatic heterocycles. The molecule has 48 heavy (non-hydrogen) atoms. The highest BCUT2D eigenvalue weighted by Crippen LogP contribution is 2.16. The predicted octanol–water partition coefficient (Wildman–Crippen LogP) is 12.8. The minimum Gasteiger partial charge on any atom is -0.462 e. The predicted molar refractivity (Wildman–Crippen MR) is 201 cm³/mol. The number of ether oxygens (including phenoxy) is 3. The first-order chi connectivity index (χ1) is 23.4. The van der Waals surface area contributed by atoms with Crippen molar-refractivity contribution in [3.8, 4) is 0 Å². The van der Waals surface area contributed by atoms with Crippen LogP contribution in [0.2, 0.25) is 0 Å². The summed E-state index contributed by atoms with van der Waals surface area (Å²) < 4.78 is 16.5. The fourth-order valence-electron chi connectivity index (χ4n) is 6.10. The minimum atomic E-state index is -0.756. The van der Waals surface area contributed by atoms with Crippen LogP contribution in [0.5, 0.6) is 0 Å². The summed E-state index contributed by atoms with van der Waals surface area (Å²) in [6.07, 6.45) is 34.0.